The zero-order valence-electron chi connectivity index (χ0n) is 8.44. The van der Waals surface area contributed by atoms with Crippen LogP contribution in [0.4, 0.5) is 4.39 Å². The zero-order valence-corrected chi connectivity index (χ0v) is 8.44. The molecule has 2 fully saturated rings. The minimum absolute atomic E-state index is 0.411. The monoisotopic (exact) mass is 207 g/mol. The molecule has 15 heavy (non-hydrogen) atoms. The van der Waals surface area contributed by atoms with Crippen molar-refractivity contribution >= 4 is 0 Å². The summed E-state index contributed by atoms with van der Waals surface area (Å²) in [5.41, 5.74) is 1.12. The first-order valence-electron chi connectivity index (χ1n) is 5.40. The van der Waals surface area contributed by atoms with Gasteiger partial charge in [0.25, 0.3) is 0 Å². The third-order valence-electron chi connectivity index (χ3n) is 3.77. The van der Waals surface area contributed by atoms with Crippen molar-refractivity contribution in [2.45, 2.75) is 37.3 Å². The van der Waals surface area contributed by atoms with E-state index in [1.807, 2.05) is 11.1 Å². The number of rotatable bonds is 1. The molecule has 2 bridgehead atoms. The van der Waals surface area contributed by atoms with E-state index in [2.05, 4.69) is 4.98 Å². The number of pyridine rings is 1. The highest BCUT2D eigenvalue weighted by Crippen LogP contribution is 2.44. The van der Waals surface area contributed by atoms with Crippen molar-refractivity contribution in [3.63, 3.8) is 0 Å². The van der Waals surface area contributed by atoms with Gasteiger partial charge in [0.1, 0.15) is 0 Å². The third-order valence-corrected chi connectivity index (χ3v) is 3.77. The molecule has 3 rings (SSSR count). The van der Waals surface area contributed by atoms with Crippen molar-refractivity contribution < 1.29 is 4.39 Å². The quantitative estimate of drug-likeness (QED) is 0.559. The summed E-state index contributed by atoms with van der Waals surface area (Å²) in [5.74, 6) is 6.02. The van der Waals surface area contributed by atoms with Crippen molar-refractivity contribution in [1.29, 1.82) is 0 Å². The second-order valence-corrected chi connectivity index (χ2v) is 4.50. The second-order valence-electron chi connectivity index (χ2n) is 4.50. The summed E-state index contributed by atoms with van der Waals surface area (Å²) in [6.45, 7) is 0. The average molecular weight is 207 g/mol. The lowest BCUT2D eigenvalue weighted by molar-refractivity contribution is 0.256. The second kappa shape index (κ2) is 3.25. The number of fused-ring (bicyclic) bond motifs is 2. The van der Waals surface area contributed by atoms with Crippen LogP contribution in [-0.4, -0.2) is 22.1 Å². The summed E-state index contributed by atoms with van der Waals surface area (Å²) >= 11 is 0. The molecular formula is C11H14FN3. The van der Waals surface area contributed by atoms with E-state index in [1.54, 1.807) is 6.20 Å². The van der Waals surface area contributed by atoms with Gasteiger partial charge in [-0.1, -0.05) is 6.07 Å². The van der Waals surface area contributed by atoms with Crippen LogP contribution >= 0.6 is 0 Å². The molecule has 0 aromatic carbocycles. The van der Waals surface area contributed by atoms with Gasteiger partial charge in [-0.15, -0.1) is 0 Å². The molecule has 2 unspecified atom stereocenters. The van der Waals surface area contributed by atoms with E-state index in [0.29, 0.717) is 18.0 Å². The van der Waals surface area contributed by atoms with Crippen LogP contribution in [0.2, 0.25) is 0 Å². The number of nitrogens with two attached hydrogens (primary N) is 1. The minimum atomic E-state index is -0.411. The van der Waals surface area contributed by atoms with Gasteiger partial charge in [-0.05, 0) is 30.9 Å². The van der Waals surface area contributed by atoms with Crippen molar-refractivity contribution in [2.75, 3.05) is 0 Å². The molecule has 2 aliphatic heterocycles. The van der Waals surface area contributed by atoms with E-state index in [4.69, 9.17) is 5.84 Å². The van der Waals surface area contributed by atoms with E-state index in [1.165, 1.54) is 12.5 Å². The maximum absolute atomic E-state index is 12.7. The summed E-state index contributed by atoms with van der Waals surface area (Å²) in [5, 5.41) is 1.98. The van der Waals surface area contributed by atoms with Crippen LogP contribution in [0.15, 0.2) is 18.3 Å². The smallest absolute Gasteiger partial charge is 0.212 e. The Morgan fingerprint density at radius 3 is 2.80 bits per heavy atom. The molecule has 3 nitrogen and oxygen atoms in total. The first-order valence-corrected chi connectivity index (χ1v) is 5.40. The van der Waals surface area contributed by atoms with E-state index in [9.17, 15) is 4.39 Å². The lowest BCUT2D eigenvalue weighted by Gasteiger charge is -2.20. The van der Waals surface area contributed by atoms with Gasteiger partial charge in [0.05, 0.1) is 0 Å². The Morgan fingerprint density at radius 2 is 2.27 bits per heavy atom. The van der Waals surface area contributed by atoms with Gasteiger partial charge in [0, 0.05) is 24.2 Å². The maximum atomic E-state index is 12.7. The fraction of sp³-hybridized carbons (Fsp3) is 0.545. The van der Waals surface area contributed by atoms with Crippen LogP contribution in [-0.2, 0) is 0 Å². The highest BCUT2D eigenvalue weighted by atomic mass is 19.1. The van der Waals surface area contributed by atoms with Gasteiger partial charge in [0.2, 0.25) is 5.95 Å². The van der Waals surface area contributed by atoms with Gasteiger partial charge in [-0.2, -0.15) is 4.39 Å². The van der Waals surface area contributed by atoms with Crippen molar-refractivity contribution in [1.82, 2.24) is 9.99 Å². The largest absolute Gasteiger partial charge is 0.268 e. The molecule has 3 heterocycles. The highest BCUT2D eigenvalue weighted by molar-refractivity contribution is 5.22. The zero-order chi connectivity index (χ0) is 10.4. The van der Waals surface area contributed by atoms with E-state index in [-0.39, 0.29) is 0 Å². The van der Waals surface area contributed by atoms with Gasteiger partial charge in [0.15, 0.2) is 0 Å². The van der Waals surface area contributed by atoms with Crippen LogP contribution in [0.25, 0.3) is 0 Å². The Hall–Kier alpha value is -1.00. The summed E-state index contributed by atoms with van der Waals surface area (Å²) in [6, 6.07) is 4.22. The topological polar surface area (TPSA) is 42.1 Å². The molecule has 0 aliphatic carbocycles. The van der Waals surface area contributed by atoms with Crippen LogP contribution in [0.3, 0.4) is 0 Å². The molecule has 2 N–H and O–H groups in total. The Kier molecular flexibility index (Phi) is 2.00. The summed E-state index contributed by atoms with van der Waals surface area (Å²) in [6.07, 6.45) is 5.10. The van der Waals surface area contributed by atoms with Crippen LogP contribution in [0.1, 0.15) is 30.7 Å². The van der Waals surface area contributed by atoms with Crippen molar-refractivity contribution in [3.8, 4) is 0 Å². The van der Waals surface area contributed by atoms with Crippen molar-refractivity contribution in [2.24, 2.45) is 5.84 Å². The highest BCUT2D eigenvalue weighted by Gasteiger charge is 2.45. The number of hydrogen-bond acceptors (Lipinski definition) is 3. The molecule has 1 aromatic rings. The number of nitrogens with zero attached hydrogens (tertiary/aromatic N) is 2. The van der Waals surface area contributed by atoms with E-state index in [0.717, 1.165) is 18.4 Å². The molecule has 0 radical (unpaired) electrons. The van der Waals surface area contributed by atoms with Gasteiger partial charge >= 0.3 is 0 Å². The number of hydrazine groups is 1. The van der Waals surface area contributed by atoms with Gasteiger partial charge in [-0.25, -0.2) is 9.99 Å². The molecule has 0 amide bonds. The minimum Gasteiger partial charge on any atom is -0.268 e. The SMILES string of the molecule is NN1C2CCC1[C@@H](c1ccc(F)nc1)C2. The molecule has 4 heteroatoms. The lowest BCUT2D eigenvalue weighted by atomic mass is 9.85. The predicted molar refractivity (Wildman–Crippen MR) is 54.4 cm³/mol. The van der Waals surface area contributed by atoms with Crippen LogP contribution in [0, 0.1) is 5.95 Å². The molecule has 2 aliphatic rings. The maximum Gasteiger partial charge on any atom is 0.212 e. The Balaban J connectivity index is 1.87. The fourth-order valence-corrected chi connectivity index (χ4v) is 3.00. The Bertz CT molecular complexity index is 365. The molecule has 80 valence electrons. The van der Waals surface area contributed by atoms with Gasteiger partial charge < -0.3 is 0 Å². The number of aromatic nitrogens is 1. The first-order chi connectivity index (χ1) is 7.25. The van der Waals surface area contributed by atoms with E-state index < -0.39 is 5.95 Å². The Morgan fingerprint density at radius 1 is 1.40 bits per heavy atom. The van der Waals surface area contributed by atoms with Crippen molar-refractivity contribution in [3.05, 3.63) is 29.8 Å². The molecule has 3 atom stereocenters. The number of hydrogen-bond donors (Lipinski definition) is 1. The molecule has 1 aromatic heterocycles. The number of halogens is 1. The van der Waals surface area contributed by atoms with Crippen LogP contribution < -0.4 is 5.84 Å². The van der Waals surface area contributed by atoms with Gasteiger partial charge in [-0.3, -0.25) is 5.84 Å². The third kappa shape index (κ3) is 1.36. The van der Waals surface area contributed by atoms with E-state index >= 15 is 0 Å². The summed E-state index contributed by atoms with van der Waals surface area (Å²) < 4.78 is 12.7. The fourth-order valence-electron chi connectivity index (χ4n) is 3.00. The molecule has 0 saturated carbocycles. The molecular weight excluding hydrogens is 193 g/mol. The first kappa shape index (κ1) is 9.24. The summed E-state index contributed by atoms with van der Waals surface area (Å²) in [7, 11) is 0. The lowest BCUT2D eigenvalue weighted by Crippen LogP contribution is -2.36. The van der Waals surface area contributed by atoms with Crippen LogP contribution in [0.5, 0.6) is 0 Å². The molecule has 2 saturated heterocycles. The average Bonchev–Trinajstić information content (AvgIpc) is 2.75. The normalized spacial score (nSPS) is 34.9. The standard InChI is InChI=1S/C11H14FN3/c12-11-4-1-7(6-14-11)9-5-8-2-3-10(9)15(8)13/h1,4,6,8-10H,2-3,5,13H2/t8?,9-,10?/m1/s1. The summed E-state index contributed by atoms with van der Waals surface area (Å²) in [4.78, 5) is 3.71. The molecule has 0 spiro atoms. The predicted octanol–water partition coefficient (Wildman–Crippen LogP) is 1.41. The Labute approximate surface area is 88.1 Å².